The predicted molar refractivity (Wildman–Crippen MR) is 155 cm³/mol. The predicted octanol–water partition coefficient (Wildman–Crippen LogP) is 7.91. The van der Waals surface area contributed by atoms with E-state index in [-0.39, 0.29) is 64.2 Å². The fourth-order valence-corrected chi connectivity index (χ4v) is 3.07. The first-order valence-electron chi connectivity index (χ1n) is 11.7. The third kappa shape index (κ3) is 11.5. The van der Waals surface area contributed by atoms with E-state index in [1.54, 1.807) is 0 Å². The summed E-state index contributed by atoms with van der Waals surface area (Å²) in [7, 11) is 0. The summed E-state index contributed by atoms with van der Waals surface area (Å²) in [6, 6.07) is 0. The Hall–Kier alpha value is 0.590. The van der Waals surface area contributed by atoms with Gasteiger partial charge >= 0.3 is 0 Å². The molecule has 6 heteroatoms. The summed E-state index contributed by atoms with van der Waals surface area (Å²) in [5, 5.41) is 0. The van der Waals surface area contributed by atoms with E-state index in [2.05, 4.69) is 67.3 Å². The molecule has 1 N–H and O–H groups in total. The average molecular weight is 664 g/mol. The van der Waals surface area contributed by atoms with Gasteiger partial charge < -0.3 is 14.5 Å². The number of imidazole rings is 1. The number of nitrogens with one attached hydrogen (secondary N) is 1. The van der Waals surface area contributed by atoms with Gasteiger partial charge in [-0.1, -0.05) is 62.3 Å². The van der Waals surface area contributed by atoms with Crippen molar-refractivity contribution in [1.82, 2.24) is 9.97 Å². The van der Waals surface area contributed by atoms with Gasteiger partial charge in [-0.05, 0) is 38.5 Å². The van der Waals surface area contributed by atoms with Crippen LogP contribution in [0.4, 0.5) is 0 Å². The Labute approximate surface area is 226 Å². The maximum absolute atomic E-state index is 4.98. The molecule has 4 nitrogen and oxygen atoms in total. The first-order chi connectivity index (χ1) is 13.5. The largest absolute Gasteiger partial charge is 0.381 e. The van der Waals surface area contributed by atoms with Crippen LogP contribution in [-0.4, -0.2) is 36.4 Å². The number of hydrogen-bond donors (Lipinski definition) is 1. The first-order valence-corrected chi connectivity index (χ1v) is 11.7. The number of hydrogen-bond acceptors (Lipinski definition) is 3. The summed E-state index contributed by atoms with van der Waals surface area (Å²) in [5.41, 5.74) is 2.93. The molecule has 3 rings (SSSR count). The lowest BCUT2D eigenvalue weighted by molar-refractivity contribution is 0.198. The van der Waals surface area contributed by atoms with Crippen molar-refractivity contribution in [3.8, 4) is 0 Å². The van der Waals surface area contributed by atoms with Crippen LogP contribution in [0.2, 0.25) is 0 Å². The van der Waals surface area contributed by atoms with Crippen LogP contribution < -0.4 is 0 Å². The minimum absolute atomic E-state index is 0. The molecule has 1 aromatic heterocycles. The van der Waals surface area contributed by atoms with E-state index in [4.69, 9.17) is 14.5 Å². The van der Waals surface area contributed by atoms with Crippen LogP contribution in [0.25, 0.3) is 0 Å². The molecule has 0 aliphatic carbocycles. The molecule has 0 aromatic carbocycles. The van der Waals surface area contributed by atoms with Crippen LogP contribution in [0, 0.1) is 0 Å². The molecule has 31 heavy (non-hydrogen) atoms. The van der Waals surface area contributed by atoms with Gasteiger partial charge in [0.05, 0.1) is 5.69 Å². The molecule has 0 radical (unpaired) electrons. The number of aromatic nitrogens is 2. The molecule has 0 saturated carbocycles. The van der Waals surface area contributed by atoms with E-state index in [9.17, 15) is 0 Å². The lowest BCUT2D eigenvalue weighted by Gasteiger charge is -2.29. The number of H-pyrrole nitrogens is 1. The number of rotatable bonds is 4. The van der Waals surface area contributed by atoms with Crippen molar-refractivity contribution in [3.05, 3.63) is 17.2 Å². The molecule has 2 saturated heterocycles. The summed E-state index contributed by atoms with van der Waals surface area (Å²) in [6.45, 7) is 24.4. The molecular formula is C25H50I2N2O2. The van der Waals surface area contributed by atoms with Crippen LogP contribution >= 0.6 is 48.0 Å². The van der Waals surface area contributed by atoms with Crippen molar-refractivity contribution in [2.24, 2.45) is 0 Å². The van der Waals surface area contributed by atoms with Crippen LogP contribution in [-0.2, 0) is 25.7 Å². The second-order valence-corrected chi connectivity index (χ2v) is 10.7. The summed E-state index contributed by atoms with van der Waals surface area (Å²) < 4.78 is 9.89. The Morgan fingerprint density at radius 2 is 1.10 bits per heavy atom. The van der Waals surface area contributed by atoms with Crippen molar-refractivity contribution in [3.63, 3.8) is 0 Å². The standard InChI is InChI=1S/C17H32N2.2C4H8O.2HI/c1-10-16(6,7)12-13(17(8,9)11-2)19-14(18-12)15(3,4)5;2*1-2-4-5-3-1;;/h10-11H2,1-9H3,(H,18,19);2*1-4H2;2*1H. The molecule has 0 bridgehead atoms. The summed E-state index contributed by atoms with van der Waals surface area (Å²) in [6.07, 6.45) is 7.33. The Morgan fingerprint density at radius 1 is 0.710 bits per heavy atom. The highest BCUT2D eigenvalue weighted by Crippen LogP contribution is 2.37. The van der Waals surface area contributed by atoms with Crippen LogP contribution in [0.1, 0.15) is 118 Å². The summed E-state index contributed by atoms with van der Waals surface area (Å²) in [5.74, 6) is 1.11. The Balaban J connectivity index is 0. The van der Waals surface area contributed by atoms with Crippen molar-refractivity contribution < 1.29 is 9.47 Å². The first kappa shape index (κ1) is 33.8. The molecule has 1 aromatic rings. The monoisotopic (exact) mass is 664 g/mol. The topological polar surface area (TPSA) is 47.1 Å². The Kier molecular flexibility index (Phi) is 16.9. The summed E-state index contributed by atoms with van der Waals surface area (Å²) >= 11 is 0. The lowest BCUT2D eigenvalue weighted by atomic mass is 9.77. The minimum atomic E-state index is 0. The van der Waals surface area contributed by atoms with Crippen molar-refractivity contribution >= 4 is 48.0 Å². The lowest BCUT2D eigenvalue weighted by Crippen LogP contribution is -2.25. The molecule has 2 aliphatic rings. The van der Waals surface area contributed by atoms with Crippen LogP contribution in [0.15, 0.2) is 0 Å². The molecule has 0 atom stereocenters. The van der Waals surface area contributed by atoms with Gasteiger partial charge in [0.2, 0.25) is 0 Å². The quantitative estimate of drug-likeness (QED) is 0.333. The number of aromatic amines is 1. The van der Waals surface area contributed by atoms with E-state index in [1.807, 2.05) is 0 Å². The Bertz CT molecular complexity index is 526. The highest BCUT2D eigenvalue weighted by atomic mass is 127. The van der Waals surface area contributed by atoms with Gasteiger partial charge in [-0.25, -0.2) is 4.98 Å². The highest BCUT2D eigenvalue weighted by molar-refractivity contribution is 14.0. The third-order valence-electron chi connectivity index (χ3n) is 6.15. The molecule has 3 heterocycles. The van der Waals surface area contributed by atoms with E-state index in [0.717, 1.165) is 45.1 Å². The van der Waals surface area contributed by atoms with E-state index in [0.29, 0.717) is 0 Å². The van der Waals surface area contributed by atoms with Gasteiger partial charge in [-0.15, -0.1) is 48.0 Å². The van der Waals surface area contributed by atoms with Gasteiger partial charge in [0.25, 0.3) is 0 Å². The van der Waals surface area contributed by atoms with Crippen LogP contribution in [0.5, 0.6) is 0 Å². The maximum atomic E-state index is 4.98. The Morgan fingerprint density at radius 3 is 1.35 bits per heavy atom. The third-order valence-corrected chi connectivity index (χ3v) is 6.15. The van der Waals surface area contributed by atoms with E-state index in [1.165, 1.54) is 37.1 Å². The molecule has 2 fully saturated rings. The second kappa shape index (κ2) is 15.5. The molecule has 0 spiro atoms. The van der Waals surface area contributed by atoms with E-state index >= 15 is 0 Å². The molecule has 0 unspecified atom stereocenters. The van der Waals surface area contributed by atoms with Crippen molar-refractivity contribution in [2.75, 3.05) is 26.4 Å². The number of nitrogens with zero attached hydrogens (tertiary/aromatic N) is 1. The zero-order chi connectivity index (χ0) is 22.1. The van der Waals surface area contributed by atoms with E-state index < -0.39 is 0 Å². The SMILES string of the molecule is C1CCOC1.C1CCOC1.CCC(C)(C)c1nc(C(C)(C)C)[nH]c1C(C)(C)CC.I.I. The van der Waals surface area contributed by atoms with Gasteiger partial charge in [0, 0.05) is 48.4 Å². The van der Waals surface area contributed by atoms with Gasteiger partial charge in [0.1, 0.15) is 5.82 Å². The van der Waals surface area contributed by atoms with Gasteiger partial charge in [0.15, 0.2) is 0 Å². The highest BCUT2D eigenvalue weighted by Gasteiger charge is 2.34. The zero-order valence-corrected chi connectivity index (χ0v) is 26.3. The smallest absolute Gasteiger partial charge is 0.112 e. The van der Waals surface area contributed by atoms with Crippen LogP contribution in [0.3, 0.4) is 0 Å². The van der Waals surface area contributed by atoms with Gasteiger partial charge in [-0.2, -0.15) is 0 Å². The fraction of sp³-hybridized carbons (Fsp3) is 0.880. The summed E-state index contributed by atoms with van der Waals surface area (Å²) in [4.78, 5) is 8.62. The number of ether oxygens (including phenoxy) is 2. The van der Waals surface area contributed by atoms with Gasteiger partial charge in [-0.3, -0.25) is 0 Å². The maximum Gasteiger partial charge on any atom is 0.112 e. The molecule has 0 amide bonds. The average Bonchev–Trinajstić information content (AvgIpc) is 3.45. The van der Waals surface area contributed by atoms with Crippen molar-refractivity contribution in [1.29, 1.82) is 0 Å². The van der Waals surface area contributed by atoms with Crippen molar-refractivity contribution in [2.45, 2.75) is 117 Å². The minimum Gasteiger partial charge on any atom is -0.381 e. The molecular weight excluding hydrogens is 614 g/mol. The fourth-order valence-electron chi connectivity index (χ4n) is 3.07. The zero-order valence-electron chi connectivity index (χ0n) is 21.7. The second-order valence-electron chi connectivity index (χ2n) is 10.7. The normalized spacial score (nSPS) is 16.3. The molecule has 186 valence electrons. The molecule has 2 aliphatic heterocycles. The number of halogens is 2.